The molecule has 10 heteroatoms. The Kier molecular flexibility index (Phi) is 7.70. The number of hydrogen-bond acceptors (Lipinski definition) is 4. The van der Waals surface area contributed by atoms with Gasteiger partial charge in [-0.25, -0.2) is 15.0 Å². The zero-order chi connectivity index (χ0) is 37.4. The molecule has 0 saturated carbocycles. The molecule has 0 spiro atoms. The predicted octanol–water partition coefficient (Wildman–Crippen LogP) is 2.83. The fraction of sp³-hybridized carbons (Fsp3) is 0. The molecule has 0 N–H and O–H groups in total. The SMILES string of the molecule is Bc1c(B)c(B)c(-c2ccc(-c3nc(-c4ccccc4)nc(-c4ccc5c(c4)oc4cccc(-n6c7ccccc7c7ccccc76)c45)n3)cc2)c(B)c1B. The van der Waals surface area contributed by atoms with Crippen molar-refractivity contribution in [3.05, 3.63) is 140 Å². The van der Waals surface area contributed by atoms with E-state index in [2.05, 4.69) is 147 Å². The fourth-order valence-electron chi connectivity index (χ4n) is 8.38. The number of nitrogens with zero attached hydrogens (tertiary/aromatic N) is 4. The van der Waals surface area contributed by atoms with E-state index in [-0.39, 0.29) is 0 Å². The Balaban J connectivity index is 1.11. The topological polar surface area (TPSA) is 56.7 Å². The highest BCUT2D eigenvalue weighted by Crippen LogP contribution is 2.39. The summed E-state index contributed by atoms with van der Waals surface area (Å²) in [4.78, 5) is 15.1. The van der Waals surface area contributed by atoms with Gasteiger partial charge in [0.1, 0.15) is 50.4 Å². The van der Waals surface area contributed by atoms with E-state index in [1.165, 1.54) is 49.2 Å². The first-order valence-corrected chi connectivity index (χ1v) is 18.8. The maximum atomic E-state index is 6.62. The summed E-state index contributed by atoms with van der Waals surface area (Å²) < 4.78 is 8.98. The molecular formula is C45H33B5N4O. The van der Waals surface area contributed by atoms with Crippen LogP contribution in [-0.2, 0) is 0 Å². The Labute approximate surface area is 323 Å². The minimum absolute atomic E-state index is 0.592. The number of furan rings is 1. The summed E-state index contributed by atoms with van der Waals surface area (Å²) in [6, 6.07) is 48.6. The van der Waals surface area contributed by atoms with Crippen LogP contribution in [0, 0.1) is 0 Å². The predicted molar refractivity (Wildman–Crippen MR) is 244 cm³/mol. The monoisotopic (exact) mass is 700 g/mol. The lowest BCUT2D eigenvalue weighted by Gasteiger charge is -2.20. The molecule has 3 aromatic heterocycles. The van der Waals surface area contributed by atoms with E-state index in [0.717, 1.165) is 55.3 Å². The summed E-state index contributed by atoms with van der Waals surface area (Å²) in [7, 11) is 11.1. The van der Waals surface area contributed by atoms with Crippen molar-refractivity contribution in [3.63, 3.8) is 0 Å². The highest BCUT2D eigenvalue weighted by Gasteiger charge is 2.20. The van der Waals surface area contributed by atoms with Crippen LogP contribution >= 0.6 is 0 Å². The van der Waals surface area contributed by atoms with E-state index < -0.39 is 0 Å². The third-order valence-electron chi connectivity index (χ3n) is 11.7. The molecule has 0 unspecified atom stereocenters. The van der Waals surface area contributed by atoms with E-state index in [1.54, 1.807) is 0 Å². The molecule has 0 aliphatic heterocycles. The molecule has 0 amide bonds. The highest BCUT2D eigenvalue weighted by molar-refractivity contribution is 6.68. The summed E-state index contributed by atoms with van der Waals surface area (Å²) >= 11 is 0. The normalized spacial score (nSPS) is 11.6. The van der Waals surface area contributed by atoms with Gasteiger partial charge in [0, 0.05) is 32.8 Å². The largest absolute Gasteiger partial charge is 0.456 e. The van der Waals surface area contributed by atoms with Crippen molar-refractivity contribution >= 4 is 110 Å². The van der Waals surface area contributed by atoms with Gasteiger partial charge in [0.25, 0.3) is 0 Å². The van der Waals surface area contributed by atoms with Crippen LogP contribution < -0.4 is 27.3 Å². The van der Waals surface area contributed by atoms with Gasteiger partial charge in [-0.1, -0.05) is 114 Å². The van der Waals surface area contributed by atoms with Crippen LogP contribution in [0.3, 0.4) is 0 Å². The Morgan fingerprint density at radius 1 is 0.400 bits per heavy atom. The molecule has 0 fully saturated rings. The smallest absolute Gasteiger partial charge is 0.164 e. The van der Waals surface area contributed by atoms with Gasteiger partial charge < -0.3 is 8.98 Å². The van der Waals surface area contributed by atoms with Crippen LogP contribution in [0.5, 0.6) is 0 Å². The molecule has 7 aromatic carbocycles. The van der Waals surface area contributed by atoms with E-state index >= 15 is 0 Å². The number of fused-ring (bicyclic) bond motifs is 6. The van der Waals surface area contributed by atoms with Gasteiger partial charge in [0.05, 0.1) is 22.1 Å². The van der Waals surface area contributed by atoms with Gasteiger partial charge in [-0.3, -0.25) is 0 Å². The van der Waals surface area contributed by atoms with Crippen molar-refractivity contribution < 1.29 is 4.42 Å². The van der Waals surface area contributed by atoms with Gasteiger partial charge in [-0.05, 0) is 47.5 Å². The lowest BCUT2D eigenvalue weighted by molar-refractivity contribution is 0.669. The van der Waals surface area contributed by atoms with Crippen molar-refractivity contribution in [2.45, 2.75) is 0 Å². The molecule has 0 aliphatic rings. The van der Waals surface area contributed by atoms with E-state index in [4.69, 9.17) is 19.4 Å². The fourth-order valence-corrected chi connectivity index (χ4v) is 8.38. The third-order valence-corrected chi connectivity index (χ3v) is 11.7. The standard InChI is InChI=1S/C45H33B5N4O/c46-38-36(39(47)41(49)42(50)40(38)48)24-17-19-26(20-18-24)44-51-43(25-9-2-1-3-10-25)52-45(53-44)27-21-22-30-35(23-27)55-34-16-8-15-33(37(30)34)54-31-13-6-4-11-28(31)29-12-5-7-14-32(29)54/h1-23H,46-50H2. The molecule has 3 heterocycles. The lowest BCUT2D eigenvalue weighted by atomic mass is 9.59. The highest BCUT2D eigenvalue weighted by atomic mass is 16.3. The van der Waals surface area contributed by atoms with Crippen molar-refractivity contribution in [2.75, 3.05) is 0 Å². The molecule has 0 atom stereocenters. The van der Waals surface area contributed by atoms with E-state index in [0.29, 0.717) is 17.5 Å². The quantitative estimate of drug-likeness (QED) is 0.260. The van der Waals surface area contributed by atoms with E-state index in [9.17, 15) is 0 Å². The van der Waals surface area contributed by atoms with Crippen LogP contribution in [0.4, 0.5) is 0 Å². The maximum absolute atomic E-state index is 6.62. The van der Waals surface area contributed by atoms with Crippen molar-refractivity contribution in [1.29, 1.82) is 0 Å². The minimum Gasteiger partial charge on any atom is -0.456 e. The van der Waals surface area contributed by atoms with Gasteiger partial charge in [-0.15, -0.1) is 16.4 Å². The molecule has 5 nitrogen and oxygen atoms in total. The molecule has 0 bridgehead atoms. The van der Waals surface area contributed by atoms with Gasteiger partial charge in [-0.2, -0.15) is 0 Å². The molecular weight excluding hydrogens is 667 g/mol. The molecule has 0 saturated heterocycles. The summed E-state index contributed by atoms with van der Waals surface area (Å²) in [5.74, 6) is 1.84. The van der Waals surface area contributed by atoms with Crippen molar-refractivity contribution in [1.82, 2.24) is 19.5 Å². The van der Waals surface area contributed by atoms with Gasteiger partial charge in [0.15, 0.2) is 17.5 Å². The second-order valence-electron chi connectivity index (χ2n) is 14.6. The number of rotatable bonds is 5. The van der Waals surface area contributed by atoms with Crippen molar-refractivity contribution in [2.24, 2.45) is 0 Å². The average Bonchev–Trinajstić information content (AvgIpc) is 3.78. The number of hydrogen-bond donors (Lipinski definition) is 0. The molecule has 55 heavy (non-hydrogen) atoms. The number of para-hydroxylation sites is 2. The summed E-state index contributed by atoms with van der Waals surface area (Å²) in [6.07, 6.45) is 0. The Morgan fingerprint density at radius 2 is 0.909 bits per heavy atom. The second kappa shape index (κ2) is 12.8. The molecule has 10 rings (SSSR count). The number of aromatic nitrogens is 4. The number of benzene rings is 7. The van der Waals surface area contributed by atoms with Crippen molar-refractivity contribution in [3.8, 4) is 51.0 Å². The molecule has 254 valence electrons. The first-order chi connectivity index (χ1) is 26.9. The van der Waals surface area contributed by atoms with Gasteiger partial charge >= 0.3 is 0 Å². The lowest BCUT2D eigenvalue weighted by Crippen LogP contribution is -2.55. The summed E-state index contributed by atoms with van der Waals surface area (Å²) in [6.45, 7) is 0. The van der Waals surface area contributed by atoms with Crippen LogP contribution in [0.1, 0.15) is 0 Å². The molecule has 0 aliphatic carbocycles. The zero-order valence-electron chi connectivity index (χ0n) is 31.5. The first kappa shape index (κ1) is 33.1. The zero-order valence-corrected chi connectivity index (χ0v) is 31.5. The van der Waals surface area contributed by atoms with E-state index in [1.807, 2.05) is 36.4 Å². The third kappa shape index (κ3) is 5.27. The Hall–Kier alpha value is -6.53. The second-order valence-corrected chi connectivity index (χ2v) is 14.6. The molecule has 0 radical (unpaired) electrons. The van der Waals surface area contributed by atoms with Crippen LogP contribution in [0.15, 0.2) is 144 Å². The van der Waals surface area contributed by atoms with Crippen LogP contribution in [-0.4, -0.2) is 58.8 Å². The average molecular weight is 700 g/mol. The Morgan fingerprint density at radius 3 is 1.55 bits per heavy atom. The minimum atomic E-state index is 0.592. The van der Waals surface area contributed by atoms with Crippen LogP contribution in [0.2, 0.25) is 0 Å². The summed E-state index contributed by atoms with van der Waals surface area (Å²) in [5.41, 5.74) is 16.9. The van der Waals surface area contributed by atoms with Crippen LogP contribution in [0.25, 0.3) is 94.7 Å². The van der Waals surface area contributed by atoms with Gasteiger partial charge in [0.2, 0.25) is 0 Å². The molecule has 10 aromatic rings. The first-order valence-electron chi connectivity index (χ1n) is 18.8. The maximum Gasteiger partial charge on any atom is 0.164 e. The Bertz CT molecular complexity index is 3070. The summed E-state index contributed by atoms with van der Waals surface area (Å²) in [5, 5.41) is 4.56.